The maximum Gasteiger partial charge on any atom is 0.195 e. The van der Waals surface area contributed by atoms with Crippen LogP contribution in [0.1, 0.15) is 24.5 Å². The summed E-state index contributed by atoms with van der Waals surface area (Å²) in [5, 5.41) is 0.634. The molecule has 2 aromatic rings. The summed E-state index contributed by atoms with van der Waals surface area (Å²) in [5.41, 5.74) is 1.61. The van der Waals surface area contributed by atoms with Crippen LogP contribution in [0.4, 0.5) is 0 Å². The van der Waals surface area contributed by atoms with Gasteiger partial charge in [0.25, 0.3) is 0 Å². The molecule has 1 aromatic heterocycles. The van der Waals surface area contributed by atoms with Gasteiger partial charge in [-0.3, -0.25) is 4.79 Å². The van der Waals surface area contributed by atoms with Crippen LogP contribution in [0.3, 0.4) is 0 Å². The van der Waals surface area contributed by atoms with E-state index >= 15 is 0 Å². The number of halogens is 1. The third-order valence-corrected chi connectivity index (χ3v) is 2.65. The molecule has 0 saturated heterocycles. The van der Waals surface area contributed by atoms with E-state index in [4.69, 9.17) is 11.6 Å². The number of ketones is 1. The molecule has 0 amide bonds. The summed E-state index contributed by atoms with van der Waals surface area (Å²) in [4.78, 5) is 15.7. The number of Topliss-reactive ketones (excluding diaryl/α,β-unsaturated/α-hetero) is 1. The number of carbonyl (C=O) groups excluding carboxylic acids is 1. The Balaban J connectivity index is 2.86. The predicted octanol–water partition coefficient (Wildman–Crippen LogP) is 2.91. The van der Waals surface area contributed by atoms with E-state index in [1.54, 1.807) is 0 Å². The van der Waals surface area contributed by atoms with Crippen molar-refractivity contribution >= 4 is 28.4 Å². The number of hydrogen-bond acceptors (Lipinski definition) is 2. The van der Waals surface area contributed by atoms with Crippen LogP contribution in [0.15, 0.2) is 18.2 Å². The van der Waals surface area contributed by atoms with Crippen molar-refractivity contribution in [1.82, 2.24) is 9.55 Å². The molecule has 78 valence electrons. The second-order valence-electron chi connectivity index (χ2n) is 3.34. The molecule has 0 spiro atoms. The number of aryl methyl sites for hydroxylation is 1. The average molecular weight is 223 g/mol. The van der Waals surface area contributed by atoms with Crippen LogP contribution in [-0.4, -0.2) is 15.3 Å². The van der Waals surface area contributed by atoms with Gasteiger partial charge in [0.05, 0.1) is 16.1 Å². The van der Waals surface area contributed by atoms with Crippen LogP contribution in [0.2, 0.25) is 5.02 Å². The van der Waals surface area contributed by atoms with Crippen LogP contribution < -0.4 is 0 Å². The molecular formula is C11H11ClN2O. The van der Waals surface area contributed by atoms with Crippen molar-refractivity contribution in [3.05, 3.63) is 29.0 Å². The fraction of sp³-hybridized carbons (Fsp3) is 0.273. The quantitative estimate of drug-likeness (QED) is 0.733. The molecule has 3 nitrogen and oxygen atoms in total. The smallest absolute Gasteiger partial charge is 0.195 e. The van der Waals surface area contributed by atoms with Crippen molar-refractivity contribution in [2.75, 3.05) is 0 Å². The van der Waals surface area contributed by atoms with Crippen LogP contribution in [0.25, 0.3) is 11.0 Å². The number of carbonyl (C=O) groups is 1. The molecule has 1 heterocycles. The molecule has 0 N–H and O–H groups in total. The van der Waals surface area contributed by atoms with Crippen LogP contribution in [0.5, 0.6) is 0 Å². The maximum absolute atomic E-state index is 11.4. The lowest BCUT2D eigenvalue weighted by atomic mass is 10.3. The Hall–Kier alpha value is -1.35. The highest BCUT2D eigenvalue weighted by Crippen LogP contribution is 2.24. The Labute approximate surface area is 92.7 Å². The Morgan fingerprint density at radius 1 is 1.53 bits per heavy atom. The first-order valence-electron chi connectivity index (χ1n) is 4.80. The number of hydrogen-bond donors (Lipinski definition) is 0. The van der Waals surface area contributed by atoms with Gasteiger partial charge in [-0.1, -0.05) is 17.7 Å². The molecule has 2 rings (SSSR count). The zero-order valence-corrected chi connectivity index (χ0v) is 9.38. The van der Waals surface area contributed by atoms with Gasteiger partial charge in [-0.15, -0.1) is 0 Å². The first-order chi connectivity index (χ1) is 7.15. The number of benzene rings is 1. The molecule has 4 heteroatoms. The van der Waals surface area contributed by atoms with Crippen molar-refractivity contribution in [2.45, 2.75) is 20.4 Å². The first-order valence-corrected chi connectivity index (χ1v) is 5.18. The summed E-state index contributed by atoms with van der Waals surface area (Å²) in [6.45, 7) is 4.17. The second-order valence-corrected chi connectivity index (χ2v) is 3.75. The van der Waals surface area contributed by atoms with E-state index in [0.29, 0.717) is 17.4 Å². The number of imidazole rings is 1. The molecular weight excluding hydrogens is 212 g/mol. The van der Waals surface area contributed by atoms with Crippen LogP contribution in [0, 0.1) is 0 Å². The molecule has 0 aliphatic rings. The lowest BCUT2D eigenvalue weighted by Gasteiger charge is -2.03. The van der Waals surface area contributed by atoms with E-state index < -0.39 is 0 Å². The summed E-state index contributed by atoms with van der Waals surface area (Å²) in [6, 6.07) is 5.50. The van der Waals surface area contributed by atoms with E-state index in [9.17, 15) is 4.79 Å². The zero-order chi connectivity index (χ0) is 11.0. The minimum absolute atomic E-state index is 0.0379. The first kappa shape index (κ1) is 10.2. The van der Waals surface area contributed by atoms with Crippen LogP contribution >= 0.6 is 11.6 Å². The summed E-state index contributed by atoms with van der Waals surface area (Å²) in [6.07, 6.45) is 0. The highest BCUT2D eigenvalue weighted by atomic mass is 35.5. The second kappa shape index (κ2) is 3.66. The summed E-state index contributed by atoms with van der Waals surface area (Å²) in [5.74, 6) is 0.435. The highest BCUT2D eigenvalue weighted by Gasteiger charge is 2.14. The molecule has 0 aliphatic heterocycles. The van der Waals surface area contributed by atoms with Gasteiger partial charge >= 0.3 is 0 Å². The van der Waals surface area contributed by atoms with E-state index in [0.717, 1.165) is 11.0 Å². The predicted molar refractivity (Wildman–Crippen MR) is 60.4 cm³/mol. The van der Waals surface area contributed by atoms with Crippen LogP contribution in [-0.2, 0) is 6.54 Å². The molecule has 0 fully saturated rings. The van der Waals surface area contributed by atoms with Gasteiger partial charge < -0.3 is 4.57 Å². The van der Waals surface area contributed by atoms with E-state index in [1.165, 1.54) is 6.92 Å². The molecule has 0 radical (unpaired) electrons. The lowest BCUT2D eigenvalue weighted by molar-refractivity contribution is 0.1000. The normalized spacial score (nSPS) is 10.9. The molecule has 0 aliphatic carbocycles. The van der Waals surface area contributed by atoms with E-state index in [1.807, 2.05) is 29.7 Å². The van der Waals surface area contributed by atoms with Gasteiger partial charge in [0.1, 0.15) is 0 Å². The van der Waals surface area contributed by atoms with Crippen molar-refractivity contribution in [2.24, 2.45) is 0 Å². The summed E-state index contributed by atoms with van der Waals surface area (Å²) >= 11 is 6.09. The Kier molecular flexibility index (Phi) is 2.49. The van der Waals surface area contributed by atoms with Crippen molar-refractivity contribution in [1.29, 1.82) is 0 Å². The topological polar surface area (TPSA) is 34.9 Å². The highest BCUT2D eigenvalue weighted by molar-refractivity contribution is 6.35. The number of rotatable bonds is 2. The molecule has 0 saturated carbocycles. The molecule has 1 aromatic carbocycles. The fourth-order valence-electron chi connectivity index (χ4n) is 1.72. The standard InChI is InChI=1S/C11H11ClN2O/c1-3-14-10-8(12)5-4-6-9(10)13-11(14)7(2)15/h4-6H,3H2,1-2H3. The summed E-state index contributed by atoms with van der Waals surface area (Å²) < 4.78 is 1.85. The number of fused-ring (bicyclic) bond motifs is 1. The maximum atomic E-state index is 11.4. The molecule has 0 unspecified atom stereocenters. The van der Waals surface area contributed by atoms with Crippen molar-refractivity contribution in [3.63, 3.8) is 0 Å². The number of nitrogens with zero attached hydrogens (tertiary/aromatic N) is 2. The lowest BCUT2D eigenvalue weighted by Crippen LogP contribution is -2.06. The third-order valence-electron chi connectivity index (χ3n) is 2.35. The van der Waals surface area contributed by atoms with Gasteiger partial charge in [-0.2, -0.15) is 0 Å². The van der Waals surface area contributed by atoms with E-state index in [2.05, 4.69) is 4.98 Å². The van der Waals surface area contributed by atoms with Gasteiger partial charge in [0, 0.05) is 13.5 Å². The van der Waals surface area contributed by atoms with Gasteiger partial charge in [-0.25, -0.2) is 4.98 Å². The van der Waals surface area contributed by atoms with Gasteiger partial charge in [-0.05, 0) is 19.1 Å². The molecule has 0 bridgehead atoms. The monoisotopic (exact) mass is 222 g/mol. The number of aromatic nitrogens is 2. The Bertz CT molecular complexity index is 531. The Morgan fingerprint density at radius 3 is 2.87 bits per heavy atom. The van der Waals surface area contributed by atoms with E-state index in [-0.39, 0.29) is 5.78 Å². The summed E-state index contributed by atoms with van der Waals surface area (Å²) in [7, 11) is 0. The number of para-hydroxylation sites is 1. The van der Waals surface area contributed by atoms with Gasteiger partial charge in [0.2, 0.25) is 0 Å². The van der Waals surface area contributed by atoms with Crippen molar-refractivity contribution < 1.29 is 4.79 Å². The molecule has 0 atom stereocenters. The SMILES string of the molecule is CCn1c(C(C)=O)nc2cccc(Cl)c21. The minimum Gasteiger partial charge on any atom is -0.321 e. The third kappa shape index (κ3) is 1.53. The Morgan fingerprint density at radius 2 is 2.27 bits per heavy atom. The zero-order valence-electron chi connectivity index (χ0n) is 8.62. The van der Waals surface area contributed by atoms with Crippen molar-refractivity contribution in [3.8, 4) is 0 Å². The molecule has 15 heavy (non-hydrogen) atoms. The fourth-order valence-corrected chi connectivity index (χ4v) is 1.99. The van der Waals surface area contributed by atoms with Gasteiger partial charge in [0.15, 0.2) is 11.6 Å². The minimum atomic E-state index is -0.0379. The largest absolute Gasteiger partial charge is 0.321 e. The average Bonchev–Trinajstić information content (AvgIpc) is 2.57.